The molecule has 1 N–H and O–H groups in total. The van der Waals surface area contributed by atoms with Crippen LogP contribution in [0.3, 0.4) is 0 Å². The second-order valence-corrected chi connectivity index (χ2v) is 5.74. The molecule has 0 bridgehead atoms. The van der Waals surface area contributed by atoms with E-state index in [0.717, 1.165) is 25.7 Å². The van der Waals surface area contributed by atoms with Crippen molar-refractivity contribution in [3.8, 4) is 11.5 Å². The van der Waals surface area contributed by atoms with E-state index in [0.29, 0.717) is 17.4 Å². The summed E-state index contributed by atoms with van der Waals surface area (Å²) in [6.07, 6.45) is 3.49. The van der Waals surface area contributed by atoms with Gasteiger partial charge < -0.3 is 14.8 Å². The maximum atomic E-state index is 12.4. The van der Waals surface area contributed by atoms with Gasteiger partial charge in [-0.15, -0.1) is 11.6 Å². The first-order valence-corrected chi connectivity index (χ1v) is 7.52. The van der Waals surface area contributed by atoms with E-state index in [1.54, 1.807) is 0 Å². The summed E-state index contributed by atoms with van der Waals surface area (Å²) in [6.45, 7) is 0.237. The zero-order valence-corrected chi connectivity index (χ0v) is 12.0. The molecule has 20 heavy (non-hydrogen) atoms. The lowest BCUT2D eigenvalue weighted by Crippen LogP contribution is -2.54. The quantitative estimate of drug-likeness (QED) is 0.872. The molecule has 1 unspecified atom stereocenters. The highest BCUT2D eigenvalue weighted by Gasteiger charge is 2.37. The molecule has 1 aliphatic heterocycles. The minimum absolute atomic E-state index is 0.137. The summed E-state index contributed by atoms with van der Waals surface area (Å²) in [5.74, 6) is 1.61. The van der Waals surface area contributed by atoms with Crippen LogP contribution in [0, 0.1) is 0 Å². The van der Waals surface area contributed by atoms with E-state index in [2.05, 4.69) is 5.32 Å². The number of halogens is 1. The van der Waals surface area contributed by atoms with Gasteiger partial charge in [0.1, 0.15) is 6.61 Å². The molecule has 1 aromatic rings. The molecule has 0 aromatic heterocycles. The SMILES string of the molecule is O=C(NC1(CCl)CCCC1)C1COc2ccccc2O1. The number of para-hydroxylation sites is 2. The largest absolute Gasteiger partial charge is 0.485 e. The van der Waals surface area contributed by atoms with Crippen LogP contribution in [0.25, 0.3) is 0 Å². The lowest BCUT2D eigenvalue weighted by atomic mass is 10.00. The van der Waals surface area contributed by atoms with E-state index in [-0.39, 0.29) is 18.1 Å². The monoisotopic (exact) mass is 295 g/mol. The number of hydrogen-bond donors (Lipinski definition) is 1. The number of amides is 1. The van der Waals surface area contributed by atoms with Crippen molar-refractivity contribution in [2.45, 2.75) is 37.3 Å². The predicted octanol–water partition coefficient (Wildman–Crippen LogP) is 2.49. The van der Waals surface area contributed by atoms with E-state index in [1.807, 2.05) is 24.3 Å². The lowest BCUT2D eigenvalue weighted by Gasteiger charge is -2.32. The van der Waals surface area contributed by atoms with Crippen molar-refractivity contribution < 1.29 is 14.3 Å². The summed E-state index contributed by atoms with van der Waals surface area (Å²) in [4.78, 5) is 12.4. The maximum absolute atomic E-state index is 12.4. The fraction of sp³-hybridized carbons (Fsp3) is 0.533. The molecule has 0 saturated heterocycles. The van der Waals surface area contributed by atoms with Crippen molar-refractivity contribution >= 4 is 17.5 Å². The molecule has 3 rings (SSSR count). The number of alkyl halides is 1. The van der Waals surface area contributed by atoms with Gasteiger partial charge in [0, 0.05) is 5.88 Å². The van der Waals surface area contributed by atoms with Gasteiger partial charge in [0.05, 0.1) is 5.54 Å². The number of nitrogens with one attached hydrogen (secondary N) is 1. The van der Waals surface area contributed by atoms with Crippen LogP contribution in [0.4, 0.5) is 0 Å². The summed E-state index contributed by atoms with van der Waals surface area (Å²) < 4.78 is 11.3. The van der Waals surface area contributed by atoms with Crippen LogP contribution in [0.15, 0.2) is 24.3 Å². The van der Waals surface area contributed by atoms with Crippen LogP contribution in [0.2, 0.25) is 0 Å². The van der Waals surface area contributed by atoms with Crippen molar-refractivity contribution in [1.29, 1.82) is 0 Å². The van der Waals surface area contributed by atoms with Gasteiger partial charge in [-0.05, 0) is 25.0 Å². The normalized spacial score (nSPS) is 23.4. The molecule has 1 atom stereocenters. The molecular formula is C15H18ClNO3. The smallest absolute Gasteiger partial charge is 0.265 e. The third kappa shape index (κ3) is 2.57. The van der Waals surface area contributed by atoms with Crippen molar-refractivity contribution in [2.24, 2.45) is 0 Å². The van der Waals surface area contributed by atoms with Crippen LogP contribution in [-0.4, -0.2) is 30.0 Å². The van der Waals surface area contributed by atoms with Gasteiger partial charge in [0.25, 0.3) is 5.91 Å². The fourth-order valence-corrected chi connectivity index (χ4v) is 3.17. The average molecular weight is 296 g/mol. The Morgan fingerprint density at radius 2 is 2.00 bits per heavy atom. The second-order valence-electron chi connectivity index (χ2n) is 5.47. The molecule has 1 aliphatic carbocycles. The first-order valence-electron chi connectivity index (χ1n) is 6.99. The standard InChI is InChI=1S/C15H18ClNO3/c16-10-15(7-3-4-8-15)17-14(18)13-9-19-11-5-1-2-6-12(11)20-13/h1-2,5-6,13H,3-4,7-10H2,(H,17,18). The molecule has 2 aliphatic rings. The Hall–Kier alpha value is -1.42. The second kappa shape index (κ2) is 5.52. The van der Waals surface area contributed by atoms with Gasteiger partial charge in [0.2, 0.25) is 6.10 Å². The molecule has 4 nitrogen and oxygen atoms in total. The van der Waals surface area contributed by atoms with Crippen LogP contribution >= 0.6 is 11.6 Å². The van der Waals surface area contributed by atoms with E-state index >= 15 is 0 Å². The minimum Gasteiger partial charge on any atom is -0.485 e. The highest BCUT2D eigenvalue weighted by molar-refractivity contribution is 6.18. The number of carbonyl (C=O) groups is 1. The number of rotatable bonds is 3. The Morgan fingerprint density at radius 3 is 2.70 bits per heavy atom. The molecule has 108 valence electrons. The predicted molar refractivity (Wildman–Crippen MR) is 76.4 cm³/mol. The fourth-order valence-electron chi connectivity index (χ4n) is 2.83. The van der Waals surface area contributed by atoms with Gasteiger partial charge >= 0.3 is 0 Å². The summed E-state index contributed by atoms with van der Waals surface area (Å²) in [5, 5.41) is 3.07. The van der Waals surface area contributed by atoms with Crippen molar-refractivity contribution in [3.05, 3.63) is 24.3 Å². The Kier molecular flexibility index (Phi) is 3.74. The van der Waals surface area contributed by atoms with Crippen LogP contribution < -0.4 is 14.8 Å². The third-order valence-corrected chi connectivity index (χ3v) is 4.52. The summed E-state index contributed by atoms with van der Waals surface area (Å²) in [5.41, 5.74) is -0.265. The summed E-state index contributed by atoms with van der Waals surface area (Å²) in [6, 6.07) is 7.38. The average Bonchev–Trinajstić information content (AvgIpc) is 2.96. The first kappa shape index (κ1) is 13.6. The number of ether oxygens (including phenoxy) is 2. The molecule has 1 amide bonds. The van der Waals surface area contributed by atoms with Crippen LogP contribution in [0.5, 0.6) is 11.5 Å². The van der Waals surface area contributed by atoms with E-state index in [9.17, 15) is 4.79 Å². The Morgan fingerprint density at radius 1 is 1.30 bits per heavy atom. The third-order valence-electron chi connectivity index (χ3n) is 4.01. The Balaban J connectivity index is 1.67. The van der Waals surface area contributed by atoms with E-state index in [1.165, 1.54) is 0 Å². The minimum atomic E-state index is -0.606. The molecule has 0 spiro atoms. The molecule has 1 fully saturated rings. The van der Waals surface area contributed by atoms with Gasteiger partial charge in [-0.2, -0.15) is 0 Å². The summed E-state index contributed by atoms with van der Waals surface area (Å²) >= 11 is 6.04. The zero-order valence-electron chi connectivity index (χ0n) is 11.2. The van der Waals surface area contributed by atoms with Crippen LogP contribution in [-0.2, 0) is 4.79 Å². The summed E-state index contributed by atoms with van der Waals surface area (Å²) in [7, 11) is 0. The zero-order chi connectivity index (χ0) is 14.0. The Bertz CT molecular complexity index is 500. The first-order chi connectivity index (χ1) is 9.72. The molecule has 5 heteroatoms. The maximum Gasteiger partial charge on any atom is 0.265 e. The molecule has 1 aromatic carbocycles. The topological polar surface area (TPSA) is 47.6 Å². The lowest BCUT2D eigenvalue weighted by molar-refractivity contribution is -0.132. The highest BCUT2D eigenvalue weighted by atomic mass is 35.5. The molecule has 0 radical (unpaired) electrons. The number of fused-ring (bicyclic) bond motifs is 1. The van der Waals surface area contributed by atoms with E-state index in [4.69, 9.17) is 21.1 Å². The molecular weight excluding hydrogens is 278 g/mol. The number of benzene rings is 1. The molecule has 1 heterocycles. The van der Waals surface area contributed by atoms with Crippen molar-refractivity contribution in [3.63, 3.8) is 0 Å². The highest BCUT2D eigenvalue weighted by Crippen LogP contribution is 2.33. The Labute approximate surface area is 123 Å². The molecule has 1 saturated carbocycles. The van der Waals surface area contributed by atoms with Gasteiger partial charge in [0.15, 0.2) is 11.5 Å². The number of hydrogen-bond acceptors (Lipinski definition) is 3. The van der Waals surface area contributed by atoms with Crippen LogP contribution in [0.1, 0.15) is 25.7 Å². The van der Waals surface area contributed by atoms with Crippen molar-refractivity contribution in [1.82, 2.24) is 5.32 Å². The number of carbonyl (C=O) groups excluding carboxylic acids is 1. The van der Waals surface area contributed by atoms with Gasteiger partial charge in [-0.1, -0.05) is 25.0 Å². The van der Waals surface area contributed by atoms with Crippen molar-refractivity contribution in [2.75, 3.05) is 12.5 Å². The van der Waals surface area contributed by atoms with Gasteiger partial charge in [-0.3, -0.25) is 4.79 Å². The van der Waals surface area contributed by atoms with Gasteiger partial charge in [-0.25, -0.2) is 0 Å². The van der Waals surface area contributed by atoms with E-state index < -0.39 is 6.10 Å².